The van der Waals surface area contributed by atoms with Gasteiger partial charge in [-0.15, -0.1) is 0 Å². The van der Waals surface area contributed by atoms with Gasteiger partial charge in [-0.1, -0.05) is 12.8 Å². The monoisotopic (exact) mass is 334 g/mol. The zero-order chi connectivity index (χ0) is 17.3. The van der Waals surface area contributed by atoms with Crippen molar-refractivity contribution < 1.29 is 19.1 Å². The minimum absolute atomic E-state index is 0.00590. The highest BCUT2D eigenvalue weighted by molar-refractivity contribution is 5.99. The SMILES string of the molecule is CN(CC1(O)CCCC1)C(=O)c1cc(N2CCCC2=O)ccc1F. The lowest BCUT2D eigenvalue weighted by molar-refractivity contribution is -0.117. The molecule has 0 unspecified atom stereocenters. The van der Waals surface area contributed by atoms with Gasteiger partial charge in [-0.25, -0.2) is 4.39 Å². The van der Waals surface area contributed by atoms with Crippen molar-refractivity contribution in [2.24, 2.45) is 0 Å². The molecule has 0 aromatic heterocycles. The molecule has 1 N–H and O–H groups in total. The first-order valence-corrected chi connectivity index (χ1v) is 8.47. The summed E-state index contributed by atoms with van der Waals surface area (Å²) in [5.74, 6) is -1.09. The van der Waals surface area contributed by atoms with Crippen LogP contribution in [-0.4, -0.2) is 47.6 Å². The predicted molar refractivity (Wildman–Crippen MR) is 88.4 cm³/mol. The quantitative estimate of drug-likeness (QED) is 0.919. The first-order chi connectivity index (χ1) is 11.4. The van der Waals surface area contributed by atoms with Crippen LogP contribution in [0.1, 0.15) is 48.9 Å². The van der Waals surface area contributed by atoms with Gasteiger partial charge in [0.25, 0.3) is 5.91 Å². The van der Waals surface area contributed by atoms with Crippen molar-refractivity contribution in [1.29, 1.82) is 0 Å². The van der Waals surface area contributed by atoms with Gasteiger partial charge in [0.1, 0.15) is 5.82 Å². The fourth-order valence-electron chi connectivity index (χ4n) is 3.68. The molecule has 3 rings (SSSR count). The van der Waals surface area contributed by atoms with Crippen molar-refractivity contribution in [2.45, 2.75) is 44.1 Å². The van der Waals surface area contributed by atoms with E-state index in [4.69, 9.17) is 0 Å². The van der Waals surface area contributed by atoms with E-state index in [2.05, 4.69) is 0 Å². The van der Waals surface area contributed by atoms with Gasteiger partial charge in [-0.05, 0) is 37.5 Å². The Kier molecular flexibility index (Phi) is 4.58. The maximum Gasteiger partial charge on any atom is 0.256 e. The van der Waals surface area contributed by atoms with Crippen LogP contribution in [0, 0.1) is 5.82 Å². The first-order valence-electron chi connectivity index (χ1n) is 8.47. The minimum Gasteiger partial charge on any atom is -0.388 e. The van der Waals surface area contributed by atoms with E-state index in [0.717, 1.165) is 19.3 Å². The average molecular weight is 334 g/mol. The Morgan fingerprint density at radius 3 is 2.67 bits per heavy atom. The second-order valence-corrected chi connectivity index (χ2v) is 6.91. The lowest BCUT2D eigenvalue weighted by atomic mass is 10.0. The van der Waals surface area contributed by atoms with Crippen molar-refractivity contribution >= 4 is 17.5 Å². The molecule has 1 saturated carbocycles. The minimum atomic E-state index is -0.872. The molecule has 1 aliphatic carbocycles. The van der Waals surface area contributed by atoms with Crippen LogP contribution in [0.4, 0.5) is 10.1 Å². The van der Waals surface area contributed by atoms with E-state index in [0.29, 0.717) is 31.5 Å². The Morgan fingerprint density at radius 2 is 2.04 bits per heavy atom. The Bertz CT molecular complexity index is 656. The van der Waals surface area contributed by atoms with Crippen LogP contribution < -0.4 is 4.90 Å². The molecule has 1 aromatic rings. The van der Waals surface area contributed by atoms with Crippen molar-refractivity contribution in [3.05, 3.63) is 29.6 Å². The molecule has 1 aliphatic heterocycles. The van der Waals surface area contributed by atoms with E-state index in [1.54, 1.807) is 11.9 Å². The highest BCUT2D eigenvalue weighted by atomic mass is 19.1. The van der Waals surface area contributed by atoms with Crippen LogP contribution in [0.2, 0.25) is 0 Å². The van der Waals surface area contributed by atoms with Crippen molar-refractivity contribution in [3.8, 4) is 0 Å². The highest BCUT2D eigenvalue weighted by Gasteiger charge is 2.34. The Labute approximate surface area is 141 Å². The summed E-state index contributed by atoms with van der Waals surface area (Å²) in [6.07, 6.45) is 4.46. The number of carbonyl (C=O) groups excluding carboxylic acids is 2. The number of carbonyl (C=O) groups is 2. The molecule has 0 radical (unpaired) electrons. The van der Waals surface area contributed by atoms with E-state index in [-0.39, 0.29) is 18.0 Å². The second kappa shape index (κ2) is 6.51. The lowest BCUT2D eigenvalue weighted by Crippen LogP contribution is -2.42. The molecule has 1 aromatic carbocycles. The van der Waals surface area contributed by atoms with Gasteiger partial charge in [-0.2, -0.15) is 0 Å². The molecule has 2 fully saturated rings. The summed E-state index contributed by atoms with van der Waals surface area (Å²) in [5.41, 5.74) is -0.379. The summed E-state index contributed by atoms with van der Waals surface area (Å²) in [6.45, 7) is 0.784. The number of hydrogen-bond acceptors (Lipinski definition) is 3. The number of rotatable bonds is 4. The van der Waals surface area contributed by atoms with Crippen LogP contribution >= 0.6 is 0 Å². The number of amides is 2. The van der Waals surface area contributed by atoms with Gasteiger partial charge in [0.05, 0.1) is 11.2 Å². The van der Waals surface area contributed by atoms with Gasteiger partial charge in [0.2, 0.25) is 5.91 Å². The molecule has 24 heavy (non-hydrogen) atoms. The van der Waals surface area contributed by atoms with Crippen LogP contribution in [0.3, 0.4) is 0 Å². The molecule has 2 aliphatic rings. The van der Waals surface area contributed by atoms with Crippen LogP contribution in [0.5, 0.6) is 0 Å². The highest BCUT2D eigenvalue weighted by Crippen LogP contribution is 2.31. The topological polar surface area (TPSA) is 60.9 Å². The van der Waals surface area contributed by atoms with E-state index < -0.39 is 17.3 Å². The van der Waals surface area contributed by atoms with Gasteiger partial charge >= 0.3 is 0 Å². The largest absolute Gasteiger partial charge is 0.388 e. The zero-order valence-corrected chi connectivity index (χ0v) is 13.9. The van der Waals surface area contributed by atoms with Crippen molar-refractivity contribution in [2.75, 3.05) is 25.0 Å². The first kappa shape index (κ1) is 16.9. The molecule has 1 saturated heterocycles. The smallest absolute Gasteiger partial charge is 0.256 e. The van der Waals surface area contributed by atoms with Crippen molar-refractivity contribution in [3.63, 3.8) is 0 Å². The molecule has 0 bridgehead atoms. The molecule has 1 heterocycles. The number of benzene rings is 1. The number of anilines is 1. The summed E-state index contributed by atoms with van der Waals surface area (Å²) >= 11 is 0. The number of hydrogen-bond donors (Lipinski definition) is 1. The Morgan fingerprint density at radius 1 is 1.33 bits per heavy atom. The third-order valence-electron chi connectivity index (χ3n) is 4.98. The summed E-state index contributed by atoms with van der Waals surface area (Å²) in [7, 11) is 1.58. The predicted octanol–water partition coefficient (Wildman–Crippen LogP) is 2.33. The van der Waals surface area contributed by atoms with Crippen LogP contribution in [0.25, 0.3) is 0 Å². The third kappa shape index (κ3) is 3.29. The van der Waals surface area contributed by atoms with E-state index in [9.17, 15) is 19.1 Å². The summed E-state index contributed by atoms with van der Waals surface area (Å²) in [6, 6.07) is 4.20. The normalized spacial score (nSPS) is 19.8. The van der Waals surface area contributed by atoms with Gasteiger partial charge in [0.15, 0.2) is 0 Å². The molecule has 5 nitrogen and oxygen atoms in total. The van der Waals surface area contributed by atoms with E-state index in [1.165, 1.54) is 23.1 Å². The maximum absolute atomic E-state index is 14.2. The molecule has 2 amide bonds. The fraction of sp³-hybridized carbons (Fsp3) is 0.556. The summed E-state index contributed by atoms with van der Waals surface area (Å²) < 4.78 is 14.2. The molecule has 0 spiro atoms. The molecule has 0 atom stereocenters. The van der Waals surface area contributed by atoms with E-state index >= 15 is 0 Å². The summed E-state index contributed by atoms with van der Waals surface area (Å²) in [5, 5.41) is 10.4. The lowest BCUT2D eigenvalue weighted by Gasteiger charge is -2.29. The molecule has 6 heteroatoms. The standard InChI is InChI=1S/C18H23FN2O3/c1-20(12-18(24)8-2-3-9-18)17(23)14-11-13(6-7-15(14)19)21-10-4-5-16(21)22/h6-7,11,24H,2-5,8-10,12H2,1H3. The van der Waals surface area contributed by atoms with Crippen LogP contribution in [-0.2, 0) is 4.79 Å². The number of aliphatic hydroxyl groups is 1. The maximum atomic E-state index is 14.2. The van der Waals surface area contributed by atoms with Gasteiger partial charge < -0.3 is 14.9 Å². The third-order valence-corrected chi connectivity index (χ3v) is 4.98. The summed E-state index contributed by atoms with van der Waals surface area (Å²) in [4.78, 5) is 27.4. The second-order valence-electron chi connectivity index (χ2n) is 6.91. The number of halogens is 1. The fourth-order valence-corrected chi connectivity index (χ4v) is 3.68. The molecule has 130 valence electrons. The molecular formula is C18H23FN2O3. The zero-order valence-electron chi connectivity index (χ0n) is 13.9. The van der Waals surface area contributed by atoms with Crippen molar-refractivity contribution in [1.82, 2.24) is 4.90 Å². The van der Waals surface area contributed by atoms with E-state index in [1.807, 2.05) is 0 Å². The Hall–Kier alpha value is -1.95. The van der Waals surface area contributed by atoms with Gasteiger partial charge in [0, 0.05) is 32.2 Å². The number of nitrogens with zero attached hydrogens (tertiary/aromatic N) is 2. The van der Waals surface area contributed by atoms with Crippen LogP contribution in [0.15, 0.2) is 18.2 Å². The average Bonchev–Trinajstić information content (AvgIpc) is 3.16. The van der Waals surface area contributed by atoms with Gasteiger partial charge in [-0.3, -0.25) is 9.59 Å². The molecular weight excluding hydrogens is 311 g/mol. The number of likely N-dealkylation sites (N-methyl/N-ethyl adjacent to an activating group) is 1. The Balaban J connectivity index is 1.79.